The van der Waals surface area contributed by atoms with Crippen molar-refractivity contribution in [3.63, 3.8) is 0 Å². The van der Waals surface area contributed by atoms with Crippen molar-refractivity contribution in [3.05, 3.63) is 69.4 Å². The molecular formula is C23H23N3O5. The van der Waals surface area contributed by atoms with Crippen LogP contribution in [0.1, 0.15) is 19.8 Å². The van der Waals surface area contributed by atoms with E-state index in [9.17, 15) is 14.4 Å². The number of nitrogens with one attached hydrogen (secondary N) is 1. The number of unbranched alkanes of at least 4 members (excludes halogenated alkanes) is 1. The van der Waals surface area contributed by atoms with Gasteiger partial charge in [0.2, 0.25) is 11.5 Å². The first-order valence-electron chi connectivity index (χ1n) is 10.1. The smallest absolute Gasteiger partial charge is 0.332 e. The minimum Gasteiger partial charge on any atom is -0.497 e. The second-order valence-corrected chi connectivity index (χ2v) is 7.23. The molecule has 31 heavy (non-hydrogen) atoms. The highest BCUT2D eigenvalue weighted by molar-refractivity contribution is 6.03. The molecule has 0 aliphatic carbocycles. The Kier molecular flexibility index (Phi) is 5.62. The van der Waals surface area contributed by atoms with Gasteiger partial charge in [-0.25, -0.2) is 4.79 Å². The van der Waals surface area contributed by atoms with Crippen LogP contribution in [0.3, 0.4) is 0 Å². The Labute approximate surface area is 177 Å². The van der Waals surface area contributed by atoms with Crippen LogP contribution in [-0.4, -0.2) is 22.2 Å². The van der Waals surface area contributed by atoms with Crippen LogP contribution in [-0.2, 0) is 17.9 Å². The number of para-hydroxylation sites is 1. The van der Waals surface area contributed by atoms with E-state index in [-0.39, 0.29) is 24.6 Å². The predicted molar refractivity (Wildman–Crippen MR) is 119 cm³/mol. The van der Waals surface area contributed by atoms with Gasteiger partial charge in [-0.3, -0.25) is 18.7 Å². The molecule has 1 amide bonds. The minimum absolute atomic E-state index is 0.0779. The number of fused-ring (bicyclic) bond motifs is 3. The highest BCUT2D eigenvalue weighted by atomic mass is 16.5. The number of benzene rings is 2. The summed E-state index contributed by atoms with van der Waals surface area (Å²) >= 11 is 0. The van der Waals surface area contributed by atoms with Gasteiger partial charge in [0.05, 0.1) is 7.11 Å². The van der Waals surface area contributed by atoms with Gasteiger partial charge in [-0.2, -0.15) is 0 Å². The van der Waals surface area contributed by atoms with E-state index >= 15 is 0 Å². The molecule has 0 spiro atoms. The van der Waals surface area contributed by atoms with E-state index in [2.05, 4.69) is 5.32 Å². The fourth-order valence-electron chi connectivity index (χ4n) is 3.57. The van der Waals surface area contributed by atoms with Crippen molar-refractivity contribution in [2.24, 2.45) is 0 Å². The van der Waals surface area contributed by atoms with Gasteiger partial charge in [0.1, 0.15) is 23.4 Å². The third-order valence-electron chi connectivity index (χ3n) is 5.15. The normalized spacial score (nSPS) is 11.2. The number of aromatic nitrogens is 2. The third kappa shape index (κ3) is 3.84. The van der Waals surface area contributed by atoms with Crippen LogP contribution < -0.4 is 21.3 Å². The first-order valence-corrected chi connectivity index (χ1v) is 10.1. The van der Waals surface area contributed by atoms with Crippen LogP contribution in [0.2, 0.25) is 0 Å². The van der Waals surface area contributed by atoms with E-state index in [1.807, 2.05) is 6.92 Å². The van der Waals surface area contributed by atoms with E-state index in [0.29, 0.717) is 34.3 Å². The number of hydrogen-bond donors (Lipinski definition) is 1. The summed E-state index contributed by atoms with van der Waals surface area (Å²) in [5.41, 5.74) is 0.481. The van der Waals surface area contributed by atoms with Gasteiger partial charge in [0.25, 0.3) is 5.56 Å². The lowest BCUT2D eigenvalue weighted by atomic mass is 10.2. The van der Waals surface area contributed by atoms with E-state index < -0.39 is 11.2 Å². The molecule has 0 aliphatic rings. The van der Waals surface area contributed by atoms with Crippen LogP contribution in [0.4, 0.5) is 5.69 Å². The van der Waals surface area contributed by atoms with Crippen molar-refractivity contribution in [2.75, 3.05) is 12.4 Å². The zero-order chi connectivity index (χ0) is 22.0. The molecule has 0 unspecified atom stereocenters. The molecule has 0 aliphatic heterocycles. The number of carbonyl (C=O) groups excluding carboxylic acids is 1. The Morgan fingerprint density at radius 2 is 1.81 bits per heavy atom. The molecule has 8 nitrogen and oxygen atoms in total. The fourth-order valence-corrected chi connectivity index (χ4v) is 3.57. The molecular weight excluding hydrogens is 398 g/mol. The Morgan fingerprint density at radius 1 is 1.06 bits per heavy atom. The number of hydrogen-bond acceptors (Lipinski definition) is 5. The second kappa shape index (κ2) is 8.51. The van der Waals surface area contributed by atoms with Crippen molar-refractivity contribution in [2.45, 2.75) is 32.9 Å². The van der Waals surface area contributed by atoms with Crippen molar-refractivity contribution < 1.29 is 13.9 Å². The summed E-state index contributed by atoms with van der Waals surface area (Å²) in [5.74, 6) is 0.281. The van der Waals surface area contributed by atoms with Gasteiger partial charge in [0, 0.05) is 17.6 Å². The Balaban J connectivity index is 1.80. The average Bonchev–Trinajstić information content (AvgIpc) is 3.17. The summed E-state index contributed by atoms with van der Waals surface area (Å²) in [7, 11) is 1.56. The SMILES string of the molecule is CCCCn1c(=O)c2oc3ccccc3c2n(CC(=O)Nc2ccc(OC)cc2)c1=O. The zero-order valence-electron chi connectivity index (χ0n) is 17.4. The molecule has 0 saturated carbocycles. The second-order valence-electron chi connectivity index (χ2n) is 7.23. The molecule has 4 aromatic rings. The molecule has 2 aromatic carbocycles. The van der Waals surface area contributed by atoms with Gasteiger partial charge >= 0.3 is 5.69 Å². The molecule has 0 atom stereocenters. The Hall–Kier alpha value is -3.81. The van der Waals surface area contributed by atoms with E-state index in [1.165, 1.54) is 4.57 Å². The van der Waals surface area contributed by atoms with Crippen LogP contribution in [0.5, 0.6) is 5.75 Å². The predicted octanol–water partition coefficient (Wildman–Crippen LogP) is 3.36. The van der Waals surface area contributed by atoms with E-state index in [0.717, 1.165) is 11.0 Å². The summed E-state index contributed by atoms with van der Waals surface area (Å²) in [6.45, 7) is 1.99. The van der Waals surface area contributed by atoms with Gasteiger partial charge in [-0.05, 0) is 42.8 Å². The lowest BCUT2D eigenvalue weighted by Gasteiger charge is -2.12. The van der Waals surface area contributed by atoms with Gasteiger partial charge in [-0.1, -0.05) is 25.5 Å². The van der Waals surface area contributed by atoms with Crippen LogP contribution in [0.25, 0.3) is 22.1 Å². The summed E-state index contributed by atoms with van der Waals surface area (Å²) in [6, 6.07) is 14.0. The van der Waals surface area contributed by atoms with Gasteiger partial charge in [0.15, 0.2) is 0 Å². The maximum Gasteiger partial charge on any atom is 0.332 e. The van der Waals surface area contributed by atoms with Crippen LogP contribution >= 0.6 is 0 Å². The van der Waals surface area contributed by atoms with Crippen molar-refractivity contribution in [1.29, 1.82) is 0 Å². The van der Waals surface area contributed by atoms with Gasteiger partial charge < -0.3 is 14.5 Å². The minimum atomic E-state index is -0.526. The number of nitrogens with zero attached hydrogens (tertiary/aromatic N) is 2. The largest absolute Gasteiger partial charge is 0.497 e. The molecule has 0 fully saturated rings. The van der Waals surface area contributed by atoms with Crippen LogP contribution in [0.15, 0.2) is 62.5 Å². The molecule has 0 bridgehead atoms. The summed E-state index contributed by atoms with van der Waals surface area (Å²) in [4.78, 5) is 38.9. The molecule has 8 heteroatoms. The van der Waals surface area contributed by atoms with Gasteiger partial charge in [-0.15, -0.1) is 0 Å². The molecule has 160 valence electrons. The average molecular weight is 421 g/mol. The monoisotopic (exact) mass is 421 g/mol. The molecule has 2 aromatic heterocycles. The molecule has 4 rings (SSSR count). The number of rotatable bonds is 7. The van der Waals surface area contributed by atoms with E-state index in [4.69, 9.17) is 9.15 Å². The van der Waals surface area contributed by atoms with Crippen molar-refractivity contribution >= 4 is 33.7 Å². The fraction of sp³-hybridized carbons (Fsp3) is 0.261. The number of carbonyl (C=O) groups is 1. The summed E-state index contributed by atoms with van der Waals surface area (Å²) in [6.07, 6.45) is 1.49. The molecule has 1 N–H and O–H groups in total. The molecule has 0 saturated heterocycles. The first kappa shape index (κ1) is 20.5. The number of ether oxygens (including phenoxy) is 1. The standard InChI is InChI=1S/C23H23N3O5/c1-3-4-13-25-22(28)21-20(17-7-5-6-8-18(17)31-21)26(23(25)29)14-19(27)24-15-9-11-16(30-2)12-10-15/h5-12H,3-4,13-14H2,1-2H3,(H,24,27). The maximum absolute atomic E-state index is 13.2. The summed E-state index contributed by atoms with van der Waals surface area (Å²) < 4.78 is 13.4. The number of furan rings is 1. The topological polar surface area (TPSA) is 95.5 Å². The third-order valence-corrected chi connectivity index (χ3v) is 5.15. The van der Waals surface area contributed by atoms with Crippen molar-refractivity contribution in [3.8, 4) is 5.75 Å². The summed E-state index contributed by atoms with van der Waals surface area (Å²) in [5, 5.41) is 3.40. The Morgan fingerprint density at radius 3 is 2.52 bits per heavy atom. The maximum atomic E-state index is 13.2. The Bertz CT molecular complexity index is 1360. The highest BCUT2D eigenvalue weighted by Gasteiger charge is 2.21. The zero-order valence-corrected chi connectivity index (χ0v) is 17.4. The lowest BCUT2D eigenvalue weighted by Crippen LogP contribution is -2.41. The van der Waals surface area contributed by atoms with E-state index in [1.54, 1.807) is 55.6 Å². The lowest BCUT2D eigenvalue weighted by molar-refractivity contribution is -0.116. The number of methoxy groups -OCH3 is 1. The number of anilines is 1. The number of amides is 1. The molecule has 2 heterocycles. The molecule has 0 radical (unpaired) electrons. The highest BCUT2D eigenvalue weighted by Crippen LogP contribution is 2.25. The first-order chi connectivity index (χ1) is 15.0. The van der Waals surface area contributed by atoms with Crippen molar-refractivity contribution in [1.82, 2.24) is 9.13 Å². The van der Waals surface area contributed by atoms with Crippen LogP contribution in [0, 0.1) is 0 Å². The quantitative estimate of drug-likeness (QED) is 0.494.